The predicted octanol–water partition coefficient (Wildman–Crippen LogP) is 3.23. The smallest absolute Gasteiger partial charge is 0.205 e. The van der Waals surface area contributed by atoms with Gasteiger partial charge in [-0.25, -0.2) is 0 Å². The number of ether oxygens (including phenoxy) is 2. The molecule has 0 N–H and O–H groups in total. The maximum Gasteiger partial charge on any atom is 0.205 e. The molecule has 3 aromatic rings. The number of rotatable bonds is 1. The van der Waals surface area contributed by atoms with Crippen molar-refractivity contribution >= 4 is 11.0 Å². The van der Waals surface area contributed by atoms with Crippen molar-refractivity contribution in [1.82, 2.24) is 0 Å². The standard InChI is InChI=1S/C17H12O4/c18-13-10-15(11-4-2-1-3-5-11)21-16-12(13)6-7-14-17(16)20-9-8-19-14/h1-7,10H,8-9H2. The van der Waals surface area contributed by atoms with Crippen LogP contribution in [0.4, 0.5) is 0 Å². The van der Waals surface area contributed by atoms with Crippen LogP contribution in [0.25, 0.3) is 22.3 Å². The van der Waals surface area contributed by atoms with E-state index in [4.69, 9.17) is 13.9 Å². The van der Waals surface area contributed by atoms with E-state index in [1.165, 1.54) is 6.07 Å². The molecule has 1 aliphatic rings. The molecule has 0 fully saturated rings. The Morgan fingerprint density at radius 3 is 2.57 bits per heavy atom. The van der Waals surface area contributed by atoms with Crippen LogP contribution in [-0.4, -0.2) is 13.2 Å². The summed E-state index contributed by atoms with van der Waals surface area (Å²) < 4.78 is 17.1. The zero-order valence-corrected chi connectivity index (χ0v) is 11.2. The number of hydrogen-bond acceptors (Lipinski definition) is 4. The Labute approximate surface area is 120 Å². The normalized spacial score (nSPS) is 13.3. The SMILES string of the molecule is O=c1cc(-c2ccccc2)oc2c3c(ccc12)OCCO3. The lowest BCUT2D eigenvalue weighted by Crippen LogP contribution is -2.16. The average Bonchev–Trinajstić information content (AvgIpc) is 2.55. The molecule has 4 heteroatoms. The lowest BCUT2D eigenvalue weighted by molar-refractivity contribution is 0.172. The van der Waals surface area contributed by atoms with E-state index < -0.39 is 0 Å². The number of fused-ring (bicyclic) bond motifs is 3. The zero-order chi connectivity index (χ0) is 14.2. The summed E-state index contributed by atoms with van der Waals surface area (Å²) in [6.45, 7) is 0.951. The Hall–Kier alpha value is -2.75. The molecule has 0 saturated carbocycles. The molecule has 4 rings (SSSR count). The van der Waals surface area contributed by atoms with E-state index in [0.29, 0.717) is 41.4 Å². The average molecular weight is 280 g/mol. The molecule has 1 aromatic heterocycles. The predicted molar refractivity (Wildman–Crippen MR) is 78.9 cm³/mol. The van der Waals surface area contributed by atoms with Crippen molar-refractivity contribution in [1.29, 1.82) is 0 Å². The monoisotopic (exact) mass is 280 g/mol. The third-order valence-electron chi connectivity index (χ3n) is 3.46. The lowest BCUT2D eigenvalue weighted by atomic mass is 10.1. The molecule has 0 aliphatic carbocycles. The van der Waals surface area contributed by atoms with Crippen molar-refractivity contribution in [3.63, 3.8) is 0 Å². The van der Waals surface area contributed by atoms with Gasteiger partial charge in [-0.2, -0.15) is 0 Å². The maximum atomic E-state index is 12.3. The first-order chi connectivity index (χ1) is 10.3. The highest BCUT2D eigenvalue weighted by Crippen LogP contribution is 2.37. The van der Waals surface area contributed by atoms with Gasteiger partial charge in [-0.15, -0.1) is 0 Å². The third kappa shape index (κ3) is 1.96. The highest BCUT2D eigenvalue weighted by atomic mass is 16.6. The zero-order valence-electron chi connectivity index (χ0n) is 11.2. The molecule has 2 heterocycles. The van der Waals surface area contributed by atoms with Crippen LogP contribution in [0.3, 0.4) is 0 Å². The fraction of sp³-hybridized carbons (Fsp3) is 0.118. The molecule has 2 aromatic carbocycles. The first kappa shape index (κ1) is 12.0. The van der Waals surface area contributed by atoms with Crippen LogP contribution in [0.15, 0.2) is 57.7 Å². The minimum absolute atomic E-state index is 0.0907. The van der Waals surface area contributed by atoms with Gasteiger partial charge in [-0.1, -0.05) is 30.3 Å². The van der Waals surface area contributed by atoms with Gasteiger partial charge in [-0.05, 0) is 12.1 Å². The number of hydrogen-bond donors (Lipinski definition) is 0. The molecule has 0 radical (unpaired) electrons. The molecule has 104 valence electrons. The molecule has 0 bridgehead atoms. The van der Waals surface area contributed by atoms with Gasteiger partial charge in [0.25, 0.3) is 0 Å². The Bertz CT molecular complexity index is 865. The van der Waals surface area contributed by atoms with E-state index >= 15 is 0 Å². The summed E-state index contributed by atoms with van der Waals surface area (Å²) in [5.74, 6) is 1.64. The van der Waals surface area contributed by atoms with Gasteiger partial charge >= 0.3 is 0 Å². The Morgan fingerprint density at radius 1 is 0.905 bits per heavy atom. The van der Waals surface area contributed by atoms with Crippen LogP contribution in [0.1, 0.15) is 0 Å². The quantitative estimate of drug-likeness (QED) is 0.686. The van der Waals surface area contributed by atoms with Crippen molar-refractivity contribution in [3.8, 4) is 22.8 Å². The molecule has 4 nitrogen and oxygen atoms in total. The molecule has 21 heavy (non-hydrogen) atoms. The van der Waals surface area contributed by atoms with Crippen LogP contribution in [-0.2, 0) is 0 Å². The van der Waals surface area contributed by atoms with Gasteiger partial charge < -0.3 is 13.9 Å². The molecule has 0 spiro atoms. The highest BCUT2D eigenvalue weighted by molar-refractivity contribution is 5.86. The van der Waals surface area contributed by atoms with Gasteiger partial charge in [0.15, 0.2) is 16.8 Å². The Kier molecular flexibility index (Phi) is 2.67. The van der Waals surface area contributed by atoms with Crippen LogP contribution in [0.5, 0.6) is 11.5 Å². The van der Waals surface area contributed by atoms with Gasteiger partial charge in [-0.3, -0.25) is 4.79 Å². The minimum Gasteiger partial charge on any atom is -0.486 e. The minimum atomic E-state index is -0.0907. The fourth-order valence-electron chi connectivity index (χ4n) is 2.47. The van der Waals surface area contributed by atoms with Crippen molar-refractivity contribution < 1.29 is 13.9 Å². The summed E-state index contributed by atoms with van der Waals surface area (Å²) in [6.07, 6.45) is 0. The van der Waals surface area contributed by atoms with Crippen molar-refractivity contribution in [3.05, 3.63) is 58.8 Å². The van der Waals surface area contributed by atoms with E-state index in [9.17, 15) is 4.79 Å². The van der Waals surface area contributed by atoms with Gasteiger partial charge in [0, 0.05) is 11.6 Å². The van der Waals surface area contributed by atoms with Gasteiger partial charge in [0.05, 0.1) is 5.39 Å². The largest absolute Gasteiger partial charge is 0.486 e. The van der Waals surface area contributed by atoms with Crippen LogP contribution in [0, 0.1) is 0 Å². The number of benzene rings is 2. The summed E-state index contributed by atoms with van der Waals surface area (Å²) >= 11 is 0. The second-order valence-electron chi connectivity index (χ2n) is 4.81. The second kappa shape index (κ2) is 4.66. The van der Waals surface area contributed by atoms with Crippen LogP contribution >= 0.6 is 0 Å². The fourth-order valence-corrected chi connectivity index (χ4v) is 2.47. The Morgan fingerprint density at radius 2 is 1.71 bits per heavy atom. The second-order valence-corrected chi connectivity index (χ2v) is 4.81. The molecule has 0 saturated heterocycles. The van der Waals surface area contributed by atoms with E-state index in [2.05, 4.69) is 0 Å². The van der Waals surface area contributed by atoms with Crippen molar-refractivity contribution in [2.75, 3.05) is 13.2 Å². The van der Waals surface area contributed by atoms with E-state index in [1.54, 1.807) is 12.1 Å². The summed E-state index contributed by atoms with van der Waals surface area (Å²) in [5, 5.41) is 0.499. The van der Waals surface area contributed by atoms with Gasteiger partial charge in [0.1, 0.15) is 19.0 Å². The third-order valence-corrected chi connectivity index (χ3v) is 3.46. The summed E-state index contributed by atoms with van der Waals surface area (Å²) in [4.78, 5) is 12.3. The van der Waals surface area contributed by atoms with Gasteiger partial charge in [0.2, 0.25) is 5.75 Å². The van der Waals surface area contributed by atoms with E-state index in [0.717, 1.165) is 5.56 Å². The van der Waals surface area contributed by atoms with E-state index in [-0.39, 0.29) is 5.43 Å². The summed E-state index contributed by atoms with van der Waals surface area (Å²) in [6, 6.07) is 14.5. The first-order valence-corrected chi connectivity index (χ1v) is 6.75. The Balaban J connectivity index is 2.02. The summed E-state index contributed by atoms with van der Waals surface area (Å²) in [5.41, 5.74) is 1.21. The molecule has 0 amide bonds. The summed E-state index contributed by atoms with van der Waals surface area (Å²) in [7, 11) is 0. The molecular weight excluding hydrogens is 268 g/mol. The molecule has 0 atom stereocenters. The topological polar surface area (TPSA) is 48.7 Å². The molecule has 1 aliphatic heterocycles. The van der Waals surface area contributed by atoms with Crippen LogP contribution in [0.2, 0.25) is 0 Å². The maximum absolute atomic E-state index is 12.3. The lowest BCUT2D eigenvalue weighted by Gasteiger charge is -2.19. The molecule has 0 unspecified atom stereocenters. The van der Waals surface area contributed by atoms with Crippen LogP contribution < -0.4 is 14.9 Å². The van der Waals surface area contributed by atoms with Crippen molar-refractivity contribution in [2.45, 2.75) is 0 Å². The molecular formula is C17H12O4. The van der Waals surface area contributed by atoms with E-state index in [1.807, 2.05) is 30.3 Å². The highest BCUT2D eigenvalue weighted by Gasteiger charge is 2.19. The first-order valence-electron chi connectivity index (χ1n) is 6.75. The van der Waals surface area contributed by atoms with Crippen molar-refractivity contribution in [2.24, 2.45) is 0 Å².